The molecule has 0 aromatic carbocycles. The Bertz CT molecular complexity index is 489. The third kappa shape index (κ3) is 3.51. The van der Waals surface area contributed by atoms with Crippen molar-refractivity contribution in [3.8, 4) is 0 Å². The molecule has 0 aliphatic rings. The molecular weight excluding hydrogens is 260 g/mol. The Morgan fingerprint density at radius 1 is 1.32 bits per heavy atom. The summed E-state index contributed by atoms with van der Waals surface area (Å²) in [4.78, 5) is 6.87. The van der Waals surface area contributed by atoms with Crippen LogP contribution in [-0.2, 0) is 18.8 Å². The van der Waals surface area contributed by atoms with E-state index in [4.69, 9.17) is 16.0 Å². The van der Waals surface area contributed by atoms with Crippen LogP contribution in [0.25, 0.3) is 0 Å². The molecule has 0 atom stereocenters. The van der Waals surface area contributed by atoms with E-state index < -0.39 is 0 Å². The Morgan fingerprint density at radius 2 is 2.16 bits per heavy atom. The zero-order chi connectivity index (χ0) is 13.7. The van der Waals surface area contributed by atoms with E-state index >= 15 is 0 Å². The molecule has 2 rings (SSSR count). The van der Waals surface area contributed by atoms with E-state index in [-0.39, 0.29) is 0 Å². The molecule has 102 valence electrons. The van der Waals surface area contributed by atoms with Crippen molar-refractivity contribution in [2.45, 2.75) is 32.7 Å². The minimum absolute atomic E-state index is 0.515. The van der Waals surface area contributed by atoms with E-state index in [0.717, 1.165) is 42.3 Å². The van der Waals surface area contributed by atoms with Crippen LogP contribution in [0, 0.1) is 0 Å². The molecule has 0 unspecified atom stereocenters. The number of alkyl halides is 1. The van der Waals surface area contributed by atoms with E-state index in [2.05, 4.69) is 35.9 Å². The van der Waals surface area contributed by atoms with Crippen LogP contribution in [0.4, 0.5) is 5.82 Å². The lowest BCUT2D eigenvalue weighted by Gasteiger charge is -2.22. The summed E-state index contributed by atoms with van der Waals surface area (Å²) in [5.41, 5.74) is 2.19. The lowest BCUT2D eigenvalue weighted by Crippen LogP contribution is -2.23. The van der Waals surface area contributed by atoms with Crippen LogP contribution in [0.2, 0.25) is 0 Å². The zero-order valence-corrected chi connectivity index (χ0v) is 12.2. The summed E-state index contributed by atoms with van der Waals surface area (Å²) >= 11 is 5.95. The number of halogens is 1. The second-order valence-corrected chi connectivity index (χ2v) is 4.67. The largest absolute Gasteiger partial charge is 0.467 e. The van der Waals surface area contributed by atoms with Gasteiger partial charge >= 0.3 is 0 Å². The minimum Gasteiger partial charge on any atom is -0.467 e. The van der Waals surface area contributed by atoms with Crippen molar-refractivity contribution in [2.24, 2.45) is 0 Å². The number of rotatable bonds is 6. The molecule has 0 aliphatic heterocycles. The fourth-order valence-electron chi connectivity index (χ4n) is 2.00. The SMILES string of the molecule is CCc1cc(CCl)cc(N(CC)Cc2ccco2)n1. The van der Waals surface area contributed by atoms with Gasteiger partial charge in [0.25, 0.3) is 0 Å². The molecule has 0 amide bonds. The molecule has 2 heterocycles. The number of anilines is 1. The maximum atomic E-state index is 5.95. The van der Waals surface area contributed by atoms with Gasteiger partial charge in [0.2, 0.25) is 0 Å². The summed E-state index contributed by atoms with van der Waals surface area (Å²) in [6.45, 7) is 5.82. The number of nitrogens with zero attached hydrogens (tertiary/aromatic N) is 2. The molecule has 0 saturated carbocycles. The molecule has 3 nitrogen and oxygen atoms in total. The quantitative estimate of drug-likeness (QED) is 0.748. The molecule has 0 saturated heterocycles. The Hall–Kier alpha value is -1.48. The van der Waals surface area contributed by atoms with E-state index in [9.17, 15) is 0 Å². The number of aromatic nitrogens is 1. The van der Waals surface area contributed by atoms with Gasteiger partial charge < -0.3 is 9.32 Å². The first-order valence-electron chi connectivity index (χ1n) is 6.60. The van der Waals surface area contributed by atoms with Gasteiger partial charge in [-0.2, -0.15) is 0 Å². The first-order valence-corrected chi connectivity index (χ1v) is 7.13. The highest BCUT2D eigenvalue weighted by Gasteiger charge is 2.10. The van der Waals surface area contributed by atoms with E-state index in [0.29, 0.717) is 5.88 Å². The van der Waals surface area contributed by atoms with Crippen LogP contribution < -0.4 is 4.90 Å². The first kappa shape index (κ1) is 13.9. The van der Waals surface area contributed by atoms with E-state index in [1.165, 1.54) is 0 Å². The minimum atomic E-state index is 0.515. The van der Waals surface area contributed by atoms with Gasteiger partial charge in [-0.1, -0.05) is 6.92 Å². The van der Waals surface area contributed by atoms with Gasteiger partial charge in [-0.15, -0.1) is 11.6 Å². The molecule has 0 fully saturated rings. The standard InChI is InChI=1S/C15H19ClN2O/c1-3-13-8-12(10-16)9-15(17-13)18(4-2)11-14-6-5-7-19-14/h5-9H,3-4,10-11H2,1-2H3. The van der Waals surface area contributed by atoms with Crippen molar-refractivity contribution < 1.29 is 4.42 Å². The average Bonchev–Trinajstić information content (AvgIpc) is 2.97. The lowest BCUT2D eigenvalue weighted by atomic mass is 10.2. The maximum absolute atomic E-state index is 5.95. The third-order valence-corrected chi connectivity index (χ3v) is 3.38. The van der Waals surface area contributed by atoms with Crippen molar-refractivity contribution >= 4 is 17.4 Å². The summed E-state index contributed by atoms with van der Waals surface area (Å²) in [7, 11) is 0. The van der Waals surface area contributed by atoms with Gasteiger partial charge in [0, 0.05) is 18.1 Å². The van der Waals surface area contributed by atoms with Crippen molar-refractivity contribution in [1.82, 2.24) is 4.98 Å². The lowest BCUT2D eigenvalue weighted by molar-refractivity contribution is 0.502. The summed E-state index contributed by atoms with van der Waals surface area (Å²) in [5.74, 6) is 2.42. The van der Waals surface area contributed by atoms with Gasteiger partial charge in [-0.3, -0.25) is 0 Å². The smallest absolute Gasteiger partial charge is 0.129 e. The highest BCUT2D eigenvalue weighted by molar-refractivity contribution is 6.17. The number of hydrogen-bond donors (Lipinski definition) is 0. The molecule has 0 radical (unpaired) electrons. The molecule has 2 aromatic heterocycles. The van der Waals surface area contributed by atoms with Crippen LogP contribution in [0.15, 0.2) is 34.9 Å². The van der Waals surface area contributed by atoms with E-state index in [1.807, 2.05) is 12.1 Å². The fourth-order valence-corrected chi connectivity index (χ4v) is 2.15. The number of aryl methyl sites for hydroxylation is 1. The van der Waals surface area contributed by atoms with E-state index in [1.54, 1.807) is 6.26 Å². The summed E-state index contributed by atoms with van der Waals surface area (Å²) < 4.78 is 5.40. The topological polar surface area (TPSA) is 29.3 Å². The van der Waals surface area contributed by atoms with Crippen molar-refractivity contribution in [3.63, 3.8) is 0 Å². The molecule has 2 aromatic rings. The van der Waals surface area contributed by atoms with Crippen molar-refractivity contribution in [1.29, 1.82) is 0 Å². The van der Waals surface area contributed by atoms with Crippen molar-refractivity contribution in [3.05, 3.63) is 47.5 Å². The normalized spacial score (nSPS) is 10.7. The Labute approximate surface area is 119 Å². The highest BCUT2D eigenvalue weighted by Crippen LogP contribution is 2.19. The number of pyridine rings is 1. The van der Waals surface area contributed by atoms with Gasteiger partial charge in [-0.25, -0.2) is 4.98 Å². The predicted molar refractivity (Wildman–Crippen MR) is 78.6 cm³/mol. The summed E-state index contributed by atoms with van der Waals surface area (Å²) in [5, 5.41) is 0. The molecule has 0 aliphatic carbocycles. The fraction of sp³-hybridized carbons (Fsp3) is 0.400. The predicted octanol–water partition coefficient (Wildman–Crippen LogP) is 4.00. The Morgan fingerprint density at radius 3 is 2.74 bits per heavy atom. The van der Waals surface area contributed by atoms with Crippen LogP contribution in [0.1, 0.15) is 30.9 Å². The summed E-state index contributed by atoms with van der Waals surface area (Å²) in [6, 6.07) is 8.01. The zero-order valence-electron chi connectivity index (χ0n) is 11.4. The third-order valence-electron chi connectivity index (χ3n) is 3.07. The monoisotopic (exact) mass is 278 g/mol. The van der Waals surface area contributed by atoms with Crippen LogP contribution in [-0.4, -0.2) is 11.5 Å². The van der Waals surface area contributed by atoms with Crippen LogP contribution in [0.5, 0.6) is 0 Å². The average molecular weight is 279 g/mol. The number of furan rings is 1. The molecule has 4 heteroatoms. The van der Waals surface area contributed by atoms with Gasteiger partial charge in [0.15, 0.2) is 0 Å². The summed E-state index contributed by atoms with van der Waals surface area (Å²) in [6.07, 6.45) is 2.61. The molecule has 19 heavy (non-hydrogen) atoms. The maximum Gasteiger partial charge on any atom is 0.129 e. The number of hydrogen-bond acceptors (Lipinski definition) is 3. The first-order chi connectivity index (χ1) is 9.26. The second-order valence-electron chi connectivity index (χ2n) is 4.41. The van der Waals surface area contributed by atoms with Crippen LogP contribution in [0.3, 0.4) is 0 Å². The van der Waals surface area contributed by atoms with Crippen molar-refractivity contribution in [2.75, 3.05) is 11.4 Å². The highest BCUT2D eigenvalue weighted by atomic mass is 35.5. The molecule has 0 bridgehead atoms. The van der Waals surface area contributed by atoms with Gasteiger partial charge in [0.05, 0.1) is 12.8 Å². The van der Waals surface area contributed by atoms with Gasteiger partial charge in [-0.05, 0) is 43.2 Å². The Kier molecular flexibility index (Phi) is 4.86. The molecule has 0 spiro atoms. The van der Waals surface area contributed by atoms with Crippen LogP contribution >= 0.6 is 11.6 Å². The Balaban J connectivity index is 2.26. The van der Waals surface area contributed by atoms with Gasteiger partial charge in [0.1, 0.15) is 11.6 Å². The second kappa shape index (κ2) is 6.62. The molecule has 0 N–H and O–H groups in total. The molecular formula is C15H19ClN2O.